The molecule has 5 nitrogen and oxygen atoms in total. The topological polar surface area (TPSA) is 71.3 Å². The Balaban J connectivity index is 1.51. The molecule has 0 unspecified atom stereocenters. The molecule has 2 amide bonds. The highest BCUT2D eigenvalue weighted by Crippen LogP contribution is 2.48. The average Bonchev–Trinajstić information content (AvgIpc) is 3.09. The maximum Gasteiger partial charge on any atom is 0.305 e. The third kappa shape index (κ3) is 2.00. The molecule has 1 aromatic rings. The van der Waals surface area contributed by atoms with Gasteiger partial charge >= 0.3 is 5.91 Å². The van der Waals surface area contributed by atoms with Crippen molar-refractivity contribution >= 4 is 11.8 Å². The van der Waals surface area contributed by atoms with Gasteiger partial charge in [-0.3, -0.25) is 20.4 Å². The van der Waals surface area contributed by atoms with Gasteiger partial charge in [-0.2, -0.15) is 0 Å². The largest absolute Gasteiger partial charge is 0.459 e. The van der Waals surface area contributed by atoms with Crippen LogP contribution >= 0.6 is 0 Å². The molecule has 2 bridgehead atoms. The van der Waals surface area contributed by atoms with Gasteiger partial charge in [-0.05, 0) is 43.2 Å². The Labute approximate surface area is 105 Å². The lowest BCUT2D eigenvalue weighted by Gasteiger charge is -2.20. The fourth-order valence-corrected chi connectivity index (χ4v) is 3.25. The van der Waals surface area contributed by atoms with Crippen LogP contribution in [0.4, 0.5) is 0 Å². The lowest BCUT2D eigenvalue weighted by Crippen LogP contribution is -2.45. The molecule has 96 valence electrons. The van der Waals surface area contributed by atoms with Crippen LogP contribution in [0.5, 0.6) is 0 Å². The zero-order chi connectivity index (χ0) is 12.5. The predicted molar refractivity (Wildman–Crippen MR) is 63.3 cm³/mol. The lowest BCUT2D eigenvalue weighted by atomic mass is 9.88. The van der Waals surface area contributed by atoms with Gasteiger partial charge in [-0.25, -0.2) is 0 Å². The molecule has 0 spiro atoms. The molecular weight excluding hydrogens is 232 g/mol. The van der Waals surface area contributed by atoms with Gasteiger partial charge in [0.1, 0.15) is 0 Å². The molecule has 1 aromatic heterocycles. The summed E-state index contributed by atoms with van der Waals surface area (Å²) >= 11 is 0. The van der Waals surface area contributed by atoms with Crippen molar-refractivity contribution in [3.63, 3.8) is 0 Å². The fourth-order valence-electron chi connectivity index (χ4n) is 3.25. The van der Waals surface area contributed by atoms with Crippen molar-refractivity contribution in [2.24, 2.45) is 17.8 Å². The minimum atomic E-state index is -0.420. The summed E-state index contributed by atoms with van der Waals surface area (Å²) in [5.41, 5.74) is 4.89. The second-order valence-electron chi connectivity index (χ2n) is 5.20. The van der Waals surface area contributed by atoms with Crippen LogP contribution in [0.3, 0.4) is 0 Å². The maximum absolute atomic E-state index is 12.0. The molecular formula is C13H16N2O3. The van der Waals surface area contributed by atoms with Gasteiger partial charge in [0, 0.05) is 5.92 Å². The van der Waals surface area contributed by atoms with Gasteiger partial charge in [0.15, 0.2) is 5.76 Å². The summed E-state index contributed by atoms with van der Waals surface area (Å²) in [7, 11) is 0. The first-order chi connectivity index (χ1) is 8.74. The van der Waals surface area contributed by atoms with Crippen molar-refractivity contribution in [3.05, 3.63) is 24.2 Å². The minimum Gasteiger partial charge on any atom is -0.459 e. The zero-order valence-electron chi connectivity index (χ0n) is 10.0. The van der Waals surface area contributed by atoms with E-state index in [1.807, 2.05) is 0 Å². The van der Waals surface area contributed by atoms with E-state index in [2.05, 4.69) is 10.9 Å². The molecule has 2 fully saturated rings. The molecule has 1 heterocycles. The first-order valence-corrected chi connectivity index (χ1v) is 6.37. The number of furan rings is 1. The number of amides is 2. The Morgan fingerprint density at radius 3 is 2.72 bits per heavy atom. The van der Waals surface area contributed by atoms with Crippen LogP contribution in [-0.2, 0) is 4.79 Å². The van der Waals surface area contributed by atoms with E-state index in [4.69, 9.17) is 4.42 Å². The first-order valence-electron chi connectivity index (χ1n) is 6.37. The Kier molecular flexibility index (Phi) is 2.81. The predicted octanol–water partition coefficient (Wildman–Crippen LogP) is 1.48. The molecule has 3 atom stereocenters. The quantitative estimate of drug-likeness (QED) is 0.779. The lowest BCUT2D eigenvalue weighted by molar-refractivity contribution is -0.127. The van der Waals surface area contributed by atoms with E-state index in [1.54, 1.807) is 12.1 Å². The number of carbonyl (C=O) groups excluding carboxylic acids is 2. The van der Waals surface area contributed by atoms with E-state index in [9.17, 15) is 9.59 Å². The highest BCUT2D eigenvalue weighted by atomic mass is 16.3. The normalized spacial score (nSPS) is 29.2. The molecule has 0 aromatic carbocycles. The first kappa shape index (κ1) is 11.3. The van der Waals surface area contributed by atoms with Crippen molar-refractivity contribution < 1.29 is 14.0 Å². The number of hydrazine groups is 1. The molecule has 18 heavy (non-hydrogen) atoms. The average molecular weight is 248 g/mol. The molecule has 2 saturated carbocycles. The molecule has 0 saturated heterocycles. The van der Waals surface area contributed by atoms with Crippen LogP contribution in [0.15, 0.2) is 22.8 Å². The summed E-state index contributed by atoms with van der Waals surface area (Å²) in [6, 6.07) is 3.19. The van der Waals surface area contributed by atoms with E-state index < -0.39 is 5.91 Å². The Morgan fingerprint density at radius 1 is 1.22 bits per heavy atom. The third-order valence-electron chi connectivity index (χ3n) is 4.12. The molecule has 2 N–H and O–H groups in total. The van der Waals surface area contributed by atoms with Gasteiger partial charge in [-0.1, -0.05) is 6.42 Å². The molecule has 2 aliphatic rings. The maximum atomic E-state index is 12.0. The third-order valence-corrected chi connectivity index (χ3v) is 4.12. The van der Waals surface area contributed by atoms with E-state index in [-0.39, 0.29) is 17.6 Å². The summed E-state index contributed by atoms with van der Waals surface area (Å²) in [6.45, 7) is 0. The summed E-state index contributed by atoms with van der Waals surface area (Å²) in [6.07, 6.45) is 5.96. The summed E-state index contributed by atoms with van der Waals surface area (Å²) in [5.74, 6) is 1.00. The minimum absolute atomic E-state index is 0.0675. The van der Waals surface area contributed by atoms with Crippen molar-refractivity contribution in [1.29, 1.82) is 0 Å². The monoisotopic (exact) mass is 248 g/mol. The van der Waals surface area contributed by atoms with E-state index in [0.29, 0.717) is 11.8 Å². The summed E-state index contributed by atoms with van der Waals surface area (Å²) in [4.78, 5) is 23.5. The number of carbonyl (C=O) groups is 2. The highest BCUT2D eigenvalue weighted by molar-refractivity contribution is 5.93. The number of hydrogen-bond acceptors (Lipinski definition) is 3. The van der Waals surface area contributed by atoms with Crippen molar-refractivity contribution in [3.8, 4) is 0 Å². The summed E-state index contributed by atoms with van der Waals surface area (Å²) in [5, 5.41) is 0. The van der Waals surface area contributed by atoms with Gasteiger partial charge < -0.3 is 4.42 Å². The van der Waals surface area contributed by atoms with Crippen molar-refractivity contribution in [1.82, 2.24) is 10.9 Å². The van der Waals surface area contributed by atoms with Crippen LogP contribution in [0, 0.1) is 17.8 Å². The standard InChI is InChI=1S/C13H16N2O3/c16-12(10-7-8-3-4-9(10)6-8)14-15-13(17)11-2-1-5-18-11/h1-2,5,8-10H,3-4,6-7H2,(H,14,16)(H,15,17)/t8-,9-,10-/m0/s1. The van der Waals surface area contributed by atoms with Crippen LogP contribution < -0.4 is 10.9 Å². The Bertz CT molecular complexity index is 455. The van der Waals surface area contributed by atoms with Crippen molar-refractivity contribution in [2.45, 2.75) is 25.7 Å². The van der Waals surface area contributed by atoms with Crippen LogP contribution in [0.25, 0.3) is 0 Å². The highest BCUT2D eigenvalue weighted by Gasteiger charge is 2.43. The van der Waals surface area contributed by atoms with E-state index in [0.717, 1.165) is 12.8 Å². The van der Waals surface area contributed by atoms with Crippen LogP contribution in [-0.4, -0.2) is 11.8 Å². The second kappa shape index (κ2) is 4.48. The molecule has 5 heteroatoms. The van der Waals surface area contributed by atoms with Gasteiger partial charge in [0.2, 0.25) is 5.91 Å². The number of nitrogens with one attached hydrogen (secondary N) is 2. The van der Waals surface area contributed by atoms with Crippen LogP contribution in [0.2, 0.25) is 0 Å². The number of fused-ring (bicyclic) bond motifs is 2. The van der Waals surface area contributed by atoms with E-state index >= 15 is 0 Å². The van der Waals surface area contributed by atoms with Crippen LogP contribution in [0.1, 0.15) is 36.2 Å². The smallest absolute Gasteiger partial charge is 0.305 e. The Morgan fingerprint density at radius 2 is 2.11 bits per heavy atom. The second-order valence-corrected chi connectivity index (χ2v) is 5.20. The Hall–Kier alpha value is -1.78. The van der Waals surface area contributed by atoms with Gasteiger partial charge in [0.05, 0.1) is 6.26 Å². The number of hydrogen-bond donors (Lipinski definition) is 2. The number of rotatable bonds is 2. The van der Waals surface area contributed by atoms with Gasteiger partial charge in [0.25, 0.3) is 0 Å². The SMILES string of the molecule is O=C(NNC(=O)[C@H]1C[C@H]2CC[C@H]1C2)c1ccco1. The van der Waals surface area contributed by atoms with Gasteiger partial charge in [-0.15, -0.1) is 0 Å². The zero-order valence-corrected chi connectivity index (χ0v) is 10.0. The summed E-state index contributed by atoms with van der Waals surface area (Å²) < 4.78 is 4.94. The molecule has 2 aliphatic carbocycles. The van der Waals surface area contributed by atoms with E-state index in [1.165, 1.54) is 19.1 Å². The molecule has 0 aliphatic heterocycles. The molecule has 3 rings (SSSR count). The molecule has 0 radical (unpaired) electrons. The van der Waals surface area contributed by atoms with Crippen molar-refractivity contribution in [2.75, 3.05) is 0 Å². The fraction of sp³-hybridized carbons (Fsp3) is 0.538.